The van der Waals surface area contributed by atoms with E-state index in [1.54, 1.807) is 11.9 Å². The van der Waals surface area contributed by atoms with Crippen LogP contribution in [0.2, 0.25) is 0 Å². The summed E-state index contributed by atoms with van der Waals surface area (Å²) >= 11 is 0. The molecule has 4 heteroatoms. The molecule has 1 saturated carbocycles. The molecular formula is C10H12F2N2. The third kappa shape index (κ3) is 1.41. The van der Waals surface area contributed by atoms with Gasteiger partial charge in [0, 0.05) is 13.1 Å². The van der Waals surface area contributed by atoms with Gasteiger partial charge in [-0.05, 0) is 25.0 Å². The minimum Gasteiger partial charge on any atom is -0.397 e. The molecule has 0 aromatic heterocycles. The number of hydrogen-bond donors (Lipinski definition) is 1. The van der Waals surface area contributed by atoms with Crippen molar-refractivity contribution >= 4 is 11.4 Å². The Kier molecular flexibility index (Phi) is 2.06. The Labute approximate surface area is 81.3 Å². The van der Waals surface area contributed by atoms with Gasteiger partial charge >= 0.3 is 0 Å². The highest BCUT2D eigenvalue weighted by Crippen LogP contribution is 2.35. The van der Waals surface area contributed by atoms with E-state index in [4.69, 9.17) is 5.73 Å². The van der Waals surface area contributed by atoms with Gasteiger partial charge in [-0.1, -0.05) is 0 Å². The molecule has 2 rings (SSSR count). The molecule has 0 amide bonds. The zero-order chi connectivity index (χ0) is 10.3. The molecule has 0 heterocycles. The van der Waals surface area contributed by atoms with Crippen molar-refractivity contribution in [3.8, 4) is 0 Å². The molecule has 0 spiro atoms. The first kappa shape index (κ1) is 9.24. The molecule has 76 valence electrons. The number of nitrogens with two attached hydrogens (primary N) is 1. The molecule has 0 bridgehead atoms. The lowest BCUT2D eigenvalue weighted by Gasteiger charge is -2.21. The maximum Gasteiger partial charge on any atom is 0.184 e. The van der Waals surface area contributed by atoms with Crippen LogP contribution in [0.25, 0.3) is 0 Å². The van der Waals surface area contributed by atoms with Crippen LogP contribution in [-0.4, -0.2) is 13.1 Å². The van der Waals surface area contributed by atoms with Crippen LogP contribution in [0.1, 0.15) is 12.8 Å². The topological polar surface area (TPSA) is 29.3 Å². The van der Waals surface area contributed by atoms with Crippen LogP contribution >= 0.6 is 0 Å². The van der Waals surface area contributed by atoms with Crippen LogP contribution in [0.3, 0.4) is 0 Å². The quantitative estimate of drug-likeness (QED) is 0.738. The summed E-state index contributed by atoms with van der Waals surface area (Å²) in [7, 11) is 1.74. The van der Waals surface area contributed by atoms with Crippen molar-refractivity contribution in [2.45, 2.75) is 18.9 Å². The smallest absolute Gasteiger partial charge is 0.184 e. The van der Waals surface area contributed by atoms with Crippen molar-refractivity contribution in [2.24, 2.45) is 0 Å². The Hall–Kier alpha value is -1.32. The summed E-state index contributed by atoms with van der Waals surface area (Å²) in [6.45, 7) is 0. The molecule has 1 aliphatic rings. The van der Waals surface area contributed by atoms with Gasteiger partial charge in [-0.25, -0.2) is 8.78 Å². The van der Waals surface area contributed by atoms with Crippen molar-refractivity contribution in [3.63, 3.8) is 0 Å². The first-order valence-electron chi connectivity index (χ1n) is 4.57. The molecule has 1 aromatic carbocycles. The predicted molar refractivity (Wildman–Crippen MR) is 52.2 cm³/mol. The molecule has 0 unspecified atom stereocenters. The fourth-order valence-electron chi connectivity index (χ4n) is 1.56. The van der Waals surface area contributed by atoms with Crippen LogP contribution in [0.5, 0.6) is 0 Å². The zero-order valence-corrected chi connectivity index (χ0v) is 7.93. The number of benzene rings is 1. The summed E-state index contributed by atoms with van der Waals surface area (Å²) in [5, 5.41) is 0. The Morgan fingerprint density at radius 3 is 2.57 bits per heavy atom. The third-order valence-corrected chi connectivity index (χ3v) is 2.55. The number of halogens is 2. The van der Waals surface area contributed by atoms with Crippen molar-refractivity contribution in [2.75, 3.05) is 17.7 Å². The second-order valence-electron chi connectivity index (χ2n) is 3.64. The zero-order valence-electron chi connectivity index (χ0n) is 7.93. The fraction of sp³-hybridized carbons (Fsp3) is 0.400. The second-order valence-corrected chi connectivity index (χ2v) is 3.64. The highest BCUT2D eigenvalue weighted by atomic mass is 19.2. The minimum absolute atomic E-state index is 0.188. The minimum atomic E-state index is -0.848. The van der Waals surface area contributed by atoms with E-state index >= 15 is 0 Å². The molecule has 0 radical (unpaired) electrons. The fourth-order valence-corrected chi connectivity index (χ4v) is 1.56. The van der Waals surface area contributed by atoms with Gasteiger partial charge in [0.15, 0.2) is 11.6 Å². The number of anilines is 2. The van der Waals surface area contributed by atoms with Crippen LogP contribution in [0, 0.1) is 11.6 Å². The largest absolute Gasteiger partial charge is 0.397 e. The van der Waals surface area contributed by atoms with Crippen molar-refractivity contribution in [1.82, 2.24) is 0 Å². The van der Waals surface area contributed by atoms with Gasteiger partial charge in [-0.2, -0.15) is 0 Å². The van der Waals surface area contributed by atoms with Crippen molar-refractivity contribution in [3.05, 3.63) is 23.8 Å². The van der Waals surface area contributed by atoms with E-state index in [1.807, 2.05) is 0 Å². The molecule has 1 aliphatic carbocycles. The van der Waals surface area contributed by atoms with Crippen molar-refractivity contribution < 1.29 is 8.78 Å². The second kappa shape index (κ2) is 3.12. The van der Waals surface area contributed by atoms with Crippen molar-refractivity contribution in [1.29, 1.82) is 0 Å². The first-order valence-corrected chi connectivity index (χ1v) is 4.57. The average Bonchev–Trinajstić information content (AvgIpc) is 2.95. The standard InChI is InChI=1S/C10H12F2N2/c1-14(6-2-3-6)10-8(13)5-4-7(11)9(10)12/h4-6H,2-3,13H2,1H3. The normalized spacial score (nSPS) is 15.6. The molecule has 14 heavy (non-hydrogen) atoms. The SMILES string of the molecule is CN(c1c(N)ccc(F)c1F)C1CC1. The lowest BCUT2D eigenvalue weighted by atomic mass is 10.2. The first-order chi connectivity index (χ1) is 6.61. The predicted octanol–water partition coefficient (Wildman–Crippen LogP) is 2.15. The molecule has 0 saturated heterocycles. The van der Waals surface area contributed by atoms with Crippen LogP contribution in [-0.2, 0) is 0 Å². The lowest BCUT2D eigenvalue weighted by molar-refractivity contribution is 0.508. The van der Waals surface area contributed by atoms with Crippen LogP contribution < -0.4 is 10.6 Å². The summed E-state index contributed by atoms with van der Waals surface area (Å²) in [6, 6.07) is 2.76. The number of nitrogen functional groups attached to an aromatic ring is 1. The lowest BCUT2D eigenvalue weighted by Crippen LogP contribution is -2.22. The van der Waals surface area contributed by atoms with Gasteiger partial charge in [0.05, 0.1) is 11.4 Å². The van der Waals surface area contributed by atoms with Gasteiger partial charge < -0.3 is 10.6 Å². The molecule has 2 N–H and O–H groups in total. The molecule has 1 fully saturated rings. The van der Waals surface area contributed by atoms with E-state index in [2.05, 4.69) is 0 Å². The monoisotopic (exact) mass is 198 g/mol. The maximum absolute atomic E-state index is 13.4. The molecule has 1 aromatic rings. The van der Waals surface area contributed by atoms with Gasteiger partial charge in [0.2, 0.25) is 0 Å². The Balaban J connectivity index is 2.43. The molecule has 0 atom stereocenters. The highest BCUT2D eigenvalue weighted by Gasteiger charge is 2.29. The number of hydrogen-bond acceptors (Lipinski definition) is 2. The van der Waals surface area contributed by atoms with Gasteiger partial charge in [0.25, 0.3) is 0 Å². The van der Waals surface area contributed by atoms with E-state index in [9.17, 15) is 8.78 Å². The van der Waals surface area contributed by atoms with Gasteiger partial charge in [-0.15, -0.1) is 0 Å². The van der Waals surface area contributed by atoms with Crippen LogP contribution in [0.15, 0.2) is 12.1 Å². The van der Waals surface area contributed by atoms with E-state index in [1.165, 1.54) is 6.07 Å². The summed E-state index contributed by atoms with van der Waals surface area (Å²) < 4.78 is 26.4. The van der Waals surface area contributed by atoms with E-state index < -0.39 is 11.6 Å². The average molecular weight is 198 g/mol. The summed E-state index contributed by atoms with van der Waals surface area (Å²) in [5.74, 6) is -1.69. The number of nitrogens with zero attached hydrogens (tertiary/aromatic N) is 1. The molecule has 2 nitrogen and oxygen atoms in total. The number of rotatable bonds is 2. The van der Waals surface area contributed by atoms with E-state index in [-0.39, 0.29) is 5.69 Å². The Morgan fingerprint density at radius 1 is 1.36 bits per heavy atom. The van der Waals surface area contributed by atoms with Gasteiger partial charge in [-0.3, -0.25) is 0 Å². The Bertz CT molecular complexity index is 361. The third-order valence-electron chi connectivity index (χ3n) is 2.55. The van der Waals surface area contributed by atoms with E-state index in [0.29, 0.717) is 11.7 Å². The Morgan fingerprint density at radius 2 is 2.00 bits per heavy atom. The summed E-state index contributed by atoms with van der Waals surface area (Å²) in [4.78, 5) is 1.72. The summed E-state index contributed by atoms with van der Waals surface area (Å²) in [6.07, 6.45) is 2.04. The maximum atomic E-state index is 13.4. The molecule has 0 aliphatic heterocycles. The molecular weight excluding hydrogens is 186 g/mol. The van der Waals surface area contributed by atoms with E-state index in [0.717, 1.165) is 18.9 Å². The highest BCUT2D eigenvalue weighted by molar-refractivity contribution is 5.68. The summed E-state index contributed by atoms with van der Waals surface area (Å²) in [5.41, 5.74) is 6.09. The van der Waals surface area contributed by atoms with Crippen LogP contribution in [0.4, 0.5) is 20.2 Å². The van der Waals surface area contributed by atoms with Gasteiger partial charge in [0.1, 0.15) is 0 Å².